The Kier molecular flexibility index (Phi) is 31.7. The molecule has 6 heteroatoms. The second kappa shape index (κ2) is 21.4. The predicted octanol–water partition coefficient (Wildman–Crippen LogP) is 3.07. The summed E-state index contributed by atoms with van der Waals surface area (Å²) < 4.78 is 2.25. The number of Topliss-reactive ketones (excluding diaryl/α,β-unsaturated/α-hetero) is 1. The first-order chi connectivity index (χ1) is 8.31. The van der Waals surface area contributed by atoms with Crippen molar-refractivity contribution in [3.63, 3.8) is 0 Å². The van der Waals surface area contributed by atoms with E-state index in [1.807, 2.05) is 12.4 Å². The van der Waals surface area contributed by atoms with Gasteiger partial charge in [-0.1, -0.05) is 30.2 Å². The van der Waals surface area contributed by atoms with Crippen molar-refractivity contribution in [3.8, 4) is 0 Å². The first kappa shape index (κ1) is 28.2. The Morgan fingerprint density at radius 3 is 1.68 bits per heavy atom. The van der Waals surface area contributed by atoms with Crippen LogP contribution in [0.15, 0.2) is 0 Å². The zero-order chi connectivity index (χ0) is 15.1. The minimum absolute atomic E-state index is 0. The molecule has 0 fully saturated rings. The molecule has 3 atom stereocenters. The predicted molar refractivity (Wildman–Crippen MR) is 88.2 cm³/mol. The molecule has 3 unspecified atom stereocenters. The molecule has 0 aliphatic rings. The SMILES string of the molecule is CCC(C)=O.C[CH-]C(C)N(P)C(C)[CH-]C.N[C-]=S.[Y+3]. The van der Waals surface area contributed by atoms with Crippen LogP contribution < -0.4 is 5.73 Å². The number of thiocarbonyl (C=S) groups is 1. The molecule has 0 saturated heterocycles. The summed E-state index contributed by atoms with van der Waals surface area (Å²) in [5.74, 6) is 0.255. The molecule has 0 aliphatic carbocycles. The van der Waals surface area contributed by atoms with Crippen LogP contribution in [0.3, 0.4) is 0 Å². The third-order valence-electron chi connectivity index (χ3n) is 2.40. The first-order valence-electron chi connectivity index (χ1n) is 6.01. The quantitative estimate of drug-likeness (QED) is 0.345. The Hall–Kier alpha value is 1.05. The summed E-state index contributed by atoms with van der Waals surface area (Å²) in [6, 6.07) is 1.08. The average Bonchev–Trinajstić information content (AvgIpc) is 2.37. The fourth-order valence-corrected chi connectivity index (χ4v) is 1.06. The Morgan fingerprint density at radius 1 is 1.37 bits per heavy atom. The maximum absolute atomic E-state index is 9.81. The van der Waals surface area contributed by atoms with Crippen LogP contribution in [-0.2, 0) is 37.5 Å². The van der Waals surface area contributed by atoms with Gasteiger partial charge in [-0.25, -0.2) is 0 Å². The molecule has 3 nitrogen and oxygen atoms in total. The monoisotopic (exact) mass is 380 g/mol. The second-order valence-corrected chi connectivity index (χ2v) is 4.60. The third kappa shape index (κ3) is 24.5. The van der Waals surface area contributed by atoms with E-state index in [0.717, 1.165) is 0 Å². The summed E-state index contributed by atoms with van der Waals surface area (Å²) in [6.45, 7) is 12.0. The van der Waals surface area contributed by atoms with Gasteiger partial charge in [0.25, 0.3) is 0 Å². The number of rotatable bonds is 5. The van der Waals surface area contributed by atoms with Crippen molar-refractivity contribution < 1.29 is 37.5 Å². The topological polar surface area (TPSA) is 46.3 Å². The molecule has 0 spiro atoms. The summed E-state index contributed by atoms with van der Waals surface area (Å²) in [5.41, 5.74) is 6.25. The molecule has 0 aromatic rings. The summed E-state index contributed by atoms with van der Waals surface area (Å²) in [4.78, 5) is 9.81. The van der Waals surface area contributed by atoms with Gasteiger partial charge in [-0.05, 0) is 6.92 Å². The molecule has 110 valence electrons. The summed E-state index contributed by atoms with van der Waals surface area (Å²) in [5, 5.41) is 0. The molecule has 0 saturated carbocycles. The number of hydrogen-bond acceptors (Lipinski definition) is 3. The van der Waals surface area contributed by atoms with E-state index in [9.17, 15) is 4.79 Å². The zero-order valence-corrected chi connectivity index (χ0v) is 17.8. The van der Waals surface area contributed by atoms with Crippen molar-refractivity contribution in [1.82, 2.24) is 4.67 Å². The molecule has 19 heavy (non-hydrogen) atoms. The normalized spacial score (nSPS) is 11.8. The van der Waals surface area contributed by atoms with Crippen molar-refractivity contribution >= 4 is 32.9 Å². The van der Waals surface area contributed by atoms with Crippen molar-refractivity contribution in [2.75, 3.05) is 0 Å². The van der Waals surface area contributed by atoms with Crippen LogP contribution in [0, 0.1) is 12.8 Å². The van der Waals surface area contributed by atoms with E-state index >= 15 is 0 Å². The van der Waals surface area contributed by atoms with E-state index < -0.39 is 0 Å². The molecule has 0 heterocycles. The Labute approximate surface area is 153 Å². The minimum atomic E-state index is 0. The summed E-state index contributed by atoms with van der Waals surface area (Å²) in [7, 11) is 2.75. The molecule has 0 rings (SSSR count). The summed E-state index contributed by atoms with van der Waals surface area (Å²) >= 11 is 3.92. The van der Waals surface area contributed by atoms with Crippen molar-refractivity contribution in [2.45, 2.75) is 60.0 Å². The van der Waals surface area contributed by atoms with E-state index in [1.54, 1.807) is 6.92 Å². The van der Waals surface area contributed by atoms with Crippen LogP contribution in [0.2, 0.25) is 0 Å². The van der Waals surface area contributed by atoms with Gasteiger partial charge in [0.15, 0.2) is 0 Å². The fourth-order valence-electron chi connectivity index (χ4n) is 0.715. The van der Waals surface area contributed by atoms with Crippen LogP contribution in [-0.4, -0.2) is 28.0 Å². The standard InChI is InChI=1S/C8H18NP.C4H8O.CH2NS.Y/c1-5-7(3)9(10)8(4)6-2;1-3-4(2)5;2-1-3;/h5-8H,10H2,1-4H3;3H2,1-2H3;(H2,2,3);/q-2;;-1;+3. The number of nitrogens with two attached hydrogens (primary N) is 1. The van der Waals surface area contributed by atoms with E-state index in [0.29, 0.717) is 18.5 Å². The van der Waals surface area contributed by atoms with Gasteiger partial charge < -0.3 is 45.7 Å². The number of ketones is 1. The number of carbonyl (C=O) groups excluding carboxylic acids is 1. The van der Waals surface area contributed by atoms with E-state index in [-0.39, 0.29) is 38.5 Å². The number of hydrogen-bond donors (Lipinski definition) is 1. The van der Waals surface area contributed by atoms with Crippen molar-refractivity contribution in [1.29, 1.82) is 0 Å². The molecular formula is C13H28N2OPSY. The van der Waals surface area contributed by atoms with Gasteiger partial charge in [0, 0.05) is 6.42 Å². The zero-order valence-electron chi connectivity index (χ0n) is 13.0. The van der Waals surface area contributed by atoms with E-state index in [1.165, 1.54) is 0 Å². The molecular weight excluding hydrogens is 352 g/mol. The van der Waals surface area contributed by atoms with Crippen LogP contribution in [0.5, 0.6) is 0 Å². The molecule has 0 aromatic heterocycles. The first-order valence-corrected chi connectivity index (χ1v) is 6.93. The van der Waals surface area contributed by atoms with Gasteiger partial charge in [0.05, 0.1) is 0 Å². The van der Waals surface area contributed by atoms with Crippen LogP contribution in [0.4, 0.5) is 0 Å². The molecule has 0 bridgehead atoms. The van der Waals surface area contributed by atoms with Gasteiger partial charge in [-0.3, -0.25) is 0 Å². The van der Waals surface area contributed by atoms with Crippen LogP contribution in [0.25, 0.3) is 0 Å². The van der Waals surface area contributed by atoms with Crippen molar-refractivity contribution in [3.05, 3.63) is 12.8 Å². The van der Waals surface area contributed by atoms with E-state index in [2.05, 4.69) is 72.5 Å². The number of carbonyl (C=O) groups is 1. The molecule has 0 aromatic carbocycles. The maximum atomic E-state index is 9.81. The van der Waals surface area contributed by atoms with Gasteiger partial charge in [0.1, 0.15) is 5.78 Å². The van der Waals surface area contributed by atoms with E-state index in [4.69, 9.17) is 0 Å². The molecule has 2 N–H and O–H groups in total. The van der Waals surface area contributed by atoms with Crippen LogP contribution in [0.1, 0.15) is 48.0 Å². The molecule has 0 aliphatic heterocycles. The Morgan fingerprint density at radius 2 is 1.58 bits per heavy atom. The van der Waals surface area contributed by atoms with Gasteiger partial charge in [-0.2, -0.15) is 13.8 Å². The van der Waals surface area contributed by atoms with Crippen molar-refractivity contribution in [2.24, 2.45) is 5.73 Å². The fraction of sp³-hybridized carbons (Fsp3) is 0.692. The average molecular weight is 380 g/mol. The summed E-state index contributed by atoms with van der Waals surface area (Å²) in [6.07, 6.45) is 5.04. The van der Waals surface area contributed by atoms with Gasteiger partial charge in [0.2, 0.25) is 0 Å². The Bertz CT molecular complexity index is 199. The molecule has 0 radical (unpaired) electrons. The number of nitrogens with zero attached hydrogens (tertiary/aromatic N) is 1. The Balaban J connectivity index is -0.000000106. The van der Waals surface area contributed by atoms with Gasteiger partial charge in [-0.15, -0.1) is 12.1 Å². The third-order valence-corrected chi connectivity index (χ3v) is 3.34. The van der Waals surface area contributed by atoms with Crippen LogP contribution >= 0.6 is 21.6 Å². The minimum Gasteiger partial charge on any atom is -0.570 e. The maximum Gasteiger partial charge on any atom is 3.00 e. The molecule has 0 amide bonds. The smallest absolute Gasteiger partial charge is 0.570 e. The van der Waals surface area contributed by atoms with Gasteiger partial charge >= 0.3 is 32.7 Å². The largest absolute Gasteiger partial charge is 3.00 e. The second-order valence-electron chi connectivity index (χ2n) is 3.77.